The Kier molecular flexibility index (Phi) is 6.11. The molecule has 30 heavy (non-hydrogen) atoms. The summed E-state index contributed by atoms with van der Waals surface area (Å²) in [6, 6.07) is 11.4. The van der Waals surface area contributed by atoms with Gasteiger partial charge in [0.2, 0.25) is 5.91 Å². The minimum absolute atomic E-state index is 0.363. The first-order valence-electron chi connectivity index (χ1n) is 9.46. The van der Waals surface area contributed by atoms with Crippen LogP contribution >= 0.6 is 23.2 Å². The molecule has 4 amide bonds. The zero-order valence-electron chi connectivity index (χ0n) is 17.2. The highest BCUT2D eigenvalue weighted by Gasteiger charge is 2.49. The van der Waals surface area contributed by atoms with E-state index in [2.05, 4.69) is 5.32 Å². The van der Waals surface area contributed by atoms with E-state index in [4.69, 9.17) is 23.2 Å². The molecule has 8 heteroatoms. The summed E-state index contributed by atoms with van der Waals surface area (Å²) in [5, 5.41) is 3.66. The molecule has 0 radical (unpaired) electrons. The minimum atomic E-state index is -1.21. The van der Waals surface area contributed by atoms with E-state index in [1.165, 1.54) is 4.90 Å². The Hall–Kier alpha value is -2.57. The lowest BCUT2D eigenvalue weighted by Crippen LogP contribution is -2.44. The van der Waals surface area contributed by atoms with E-state index < -0.39 is 17.5 Å². The maximum Gasteiger partial charge on any atom is 0.325 e. The van der Waals surface area contributed by atoms with Gasteiger partial charge >= 0.3 is 6.03 Å². The van der Waals surface area contributed by atoms with Crippen molar-refractivity contribution in [1.29, 1.82) is 0 Å². The molecule has 0 spiro atoms. The van der Waals surface area contributed by atoms with Gasteiger partial charge in [-0.3, -0.25) is 14.5 Å². The predicted molar refractivity (Wildman–Crippen MR) is 116 cm³/mol. The third kappa shape index (κ3) is 4.02. The van der Waals surface area contributed by atoms with E-state index in [-0.39, 0.29) is 18.5 Å². The zero-order chi connectivity index (χ0) is 22.2. The van der Waals surface area contributed by atoms with E-state index >= 15 is 0 Å². The molecule has 0 saturated carbocycles. The standard InChI is InChI=1S/C22H23Cl2N3O3/c1-13-5-7-15(8-6-13)22(3)20(29)27(21(30)25-22)12-19(28)26(4)14(2)17-10-9-16(23)11-18(17)24/h5-11,14H,12H2,1-4H3,(H,25,30). The van der Waals surface area contributed by atoms with Gasteiger partial charge in [0.05, 0.1) is 6.04 Å². The Morgan fingerprint density at radius 3 is 2.40 bits per heavy atom. The number of imide groups is 1. The van der Waals surface area contributed by atoms with Crippen molar-refractivity contribution in [2.45, 2.75) is 32.4 Å². The molecular formula is C22H23Cl2N3O3. The van der Waals surface area contributed by atoms with E-state index in [9.17, 15) is 14.4 Å². The molecule has 1 heterocycles. The molecule has 3 rings (SSSR count). The number of rotatable bonds is 5. The Morgan fingerprint density at radius 2 is 1.80 bits per heavy atom. The van der Waals surface area contributed by atoms with Crippen LogP contribution in [0.5, 0.6) is 0 Å². The molecule has 2 aromatic carbocycles. The van der Waals surface area contributed by atoms with Crippen molar-refractivity contribution in [3.63, 3.8) is 0 Å². The summed E-state index contributed by atoms with van der Waals surface area (Å²) >= 11 is 12.2. The first-order chi connectivity index (χ1) is 14.0. The van der Waals surface area contributed by atoms with E-state index in [0.717, 1.165) is 16.0 Å². The van der Waals surface area contributed by atoms with Crippen LogP contribution < -0.4 is 5.32 Å². The molecule has 158 valence electrons. The summed E-state index contributed by atoms with van der Waals surface area (Å²) in [6.07, 6.45) is 0. The molecule has 0 bridgehead atoms. The highest BCUT2D eigenvalue weighted by Crippen LogP contribution is 2.31. The van der Waals surface area contributed by atoms with Gasteiger partial charge in [-0.15, -0.1) is 0 Å². The van der Waals surface area contributed by atoms with Crippen molar-refractivity contribution in [2.24, 2.45) is 0 Å². The summed E-state index contributed by atoms with van der Waals surface area (Å²) in [4.78, 5) is 40.8. The number of carbonyl (C=O) groups is 3. The Labute approximate surface area is 185 Å². The number of hydrogen-bond donors (Lipinski definition) is 1. The summed E-state index contributed by atoms with van der Waals surface area (Å²) in [7, 11) is 1.61. The van der Waals surface area contributed by atoms with Gasteiger partial charge in [0.15, 0.2) is 0 Å². The van der Waals surface area contributed by atoms with Crippen molar-refractivity contribution < 1.29 is 14.4 Å². The van der Waals surface area contributed by atoms with Crippen LogP contribution in [0.25, 0.3) is 0 Å². The van der Waals surface area contributed by atoms with Gasteiger partial charge < -0.3 is 10.2 Å². The average molecular weight is 448 g/mol. The van der Waals surface area contributed by atoms with Gasteiger partial charge in [0, 0.05) is 17.1 Å². The molecule has 2 atom stereocenters. The fourth-order valence-corrected chi connectivity index (χ4v) is 4.00. The number of urea groups is 1. The Balaban J connectivity index is 1.76. The third-order valence-electron chi connectivity index (χ3n) is 5.58. The van der Waals surface area contributed by atoms with Gasteiger partial charge in [-0.25, -0.2) is 4.79 Å². The van der Waals surface area contributed by atoms with Crippen molar-refractivity contribution in [3.8, 4) is 0 Å². The summed E-state index contributed by atoms with van der Waals surface area (Å²) < 4.78 is 0. The zero-order valence-corrected chi connectivity index (χ0v) is 18.7. The van der Waals surface area contributed by atoms with Gasteiger partial charge in [-0.05, 0) is 44.0 Å². The molecule has 1 saturated heterocycles. The number of carbonyl (C=O) groups excluding carboxylic acids is 3. The molecule has 1 aliphatic rings. The van der Waals surface area contributed by atoms with Crippen LogP contribution in [0.15, 0.2) is 42.5 Å². The second-order valence-electron chi connectivity index (χ2n) is 7.66. The van der Waals surface area contributed by atoms with Gasteiger partial charge in [-0.1, -0.05) is 59.1 Å². The highest BCUT2D eigenvalue weighted by atomic mass is 35.5. The third-order valence-corrected chi connectivity index (χ3v) is 6.15. The SMILES string of the molecule is Cc1ccc(C2(C)NC(=O)N(CC(=O)N(C)C(C)c3ccc(Cl)cc3Cl)C2=O)cc1. The topological polar surface area (TPSA) is 69.7 Å². The van der Waals surface area contributed by atoms with Crippen LogP contribution in [-0.2, 0) is 15.1 Å². The van der Waals surface area contributed by atoms with Crippen LogP contribution in [0.2, 0.25) is 10.0 Å². The normalized spacial score (nSPS) is 19.6. The number of aryl methyl sites for hydroxylation is 1. The molecule has 2 unspecified atom stereocenters. The van der Waals surface area contributed by atoms with E-state index in [1.807, 2.05) is 26.0 Å². The second kappa shape index (κ2) is 8.28. The van der Waals surface area contributed by atoms with Crippen LogP contribution in [-0.4, -0.2) is 41.2 Å². The summed E-state index contributed by atoms with van der Waals surface area (Å²) in [5.74, 6) is -0.847. The molecule has 1 fully saturated rings. The summed E-state index contributed by atoms with van der Waals surface area (Å²) in [5.41, 5.74) is 1.21. The quantitative estimate of drug-likeness (QED) is 0.694. The average Bonchev–Trinajstić information content (AvgIpc) is 2.91. The number of nitrogens with zero attached hydrogens (tertiary/aromatic N) is 2. The second-order valence-corrected chi connectivity index (χ2v) is 8.50. The number of halogens is 2. The predicted octanol–water partition coefficient (Wildman–Crippen LogP) is 4.29. The lowest BCUT2D eigenvalue weighted by Gasteiger charge is -2.28. The number of likely N-dealkylation sites (N-methyl/N-ethyl adjacent to an activating group) is 1. The molecule has 0 aromatic heterocycles. The van der Waals surface area contributed by atoms with Crippen LogP contribution in [0.4, 0.5) is 4.79 Å². The van der Waals surface area contributed by atoms with Crippen LogP contribution in [0, 0.1) is 6.92 Å². The Bertz CT molecular complexity index is 1010. The molecule has 1 N–H and O–H groups in total. The first-order valence-corrected chi connectivity index (χ1v) is 10.2. The number of nitrogens with one attached hydrogen (secondary N) is 1. The molecule has 2 aromatic rings. The molecule has 6 nitrogen and oxygen atoms in total. The van der Waals surface area contributed by atoms with Crippen molar-refractivity contribution in [1.82, 2.24) is 15.1 Å². The van der Waals surface area contributed by atoms with Gasteiger partial charge in [-0.2, -0.15) is 0 Å². The van der Waals surface area contributed by atoms with Gasteiger partial charge in [0.25, 0.3) is 5.91 Å². The molecular weight excluding hydrogens is 425 g/mol. The van der Waals surface area contributed by atoms with E-state index in [1.54, 1.807) is 44.3 Å². The van der Waals surface area contributed by atoms with Crippen molar-refractivity contribution in [2.75, 3.05) is 13.6 Å². The first kappa shape index (κ1) is 22.1. The fraction of sp³-hybridized carbons (Fsp3) is 0.318. The molecule has 1 aliphatic heterocycles. The van der Waals surface area contributed by atoms with Crippen molar-refractivity contribution >= 4 is 41.0 Å². The van der Waals surface area contributed by atoms with Crippen LogP contribution in [0.3, 0.4) is 0 Å². The maximum absolute atomic E-state index is 13.0. The fourth-order valence-electron chi connectivity index (χ4n) is 3.43. The largest absolute Gasteiger partial charge is 0.337 e. The van der Waals surface area contributed by atoms with Crippen LogP contribution in [0.1, 0.15) is 36.6 Å². The van der Waals surface area contributed by atoms with Gasteiger partial charge in [0.1, 0.15) is 12.1 Å². The monoisotopic (exact) mass is 447 g/mol. The van der Waals surface area contributed by atoms with E-state index in [0.29, 0.717) is 15.6 Å². The van der Waals surface area contributed by atoms with Crippen molar-refractivity contribution in [3.05, 3.63) is 69.2 Å². The molecule has 0 aliphatic carbocycles. The number of amides is 4. The summed E-state index contributed by atoms with van der Waals surface area (Å²) in [6.45, 7) is 5.03. The lowest BCUT2D eigenvalue weighted by atomic mass is 9.91. The lowest BCUT2D eigenvalue weighted by molar-refractivity contribution is -0.139. The number of hydrogen-bond acceptors (Lipinski definition) is 3. The highest BCUT2D eigenvalue weighted by molar-refractivity contribution is 6.35. The smallest absolute Gasteiger partial charge is 0.325 e. The number of benzene rings is 2. The minimum Gasteiger partial charge on any atom is -0.337 e. The Morgan fingerprint density at radius 1 is 1.17 bits per heavy atom. The maximum atomic E-state index is 13.0.